The smallest absolute Gasteiger partial charge is 0.128 e. The lowest BCUT2D eigenvalue weighted by molar-refractivity contribution is 0.444. The van der Waals surface area contributed by atoms with Gasteiger partial charge in [-0.15, -0.1) is 0 Å². The highest BCUT2D eigenvalue weighted by atomic mass is 31.1. The van der Waals surface area contributed by atoms with Gasteiger partial charge in [-0.1, -0.05) is 120 Å². The van der Waals surface area contributed by atoms with Crippen LogP contribution in [0.4, 0.5) is 0 Å². The molecule has 0 saturated heterocycles. The Balaban J connectivity index is 1.85. The molecule has 0 bridgehead atoms. The van der Waals surface area contributed by atoms with Crippen LogP contribution in [0.3, 0.4) is 0 Å². The van der Waals surface area contributed by atoms with E-state index in [1.807, 2.05) is 6.21 Å². The summed E-state index contributed by atoms with van der Waals surface area (Å²) < 4.78 is 0. The largest absolute Gasteiger partial charge is 0.507 e. The average Bonchev–Trinajstić information content (AvgIpc) is 2.84. The highest BCUT2D eigenvalue weighted by molar-refractivity contribution is 7.77. The molecule has 3 aromatic rings. The van der Waals surface area contributed by atoms with Gasteiger partial charge in [-0.2, -0.15) is 0 Å². The van der Waals surface area contributed by atoms with Crippen LogP contribution in [-0.4, -0.2) is 11.3 Å². The van der Waals surface area contributed by atoms with Crippen molar-refractivity contribution < 1.29 is 5.11 Å². The first kappa shape index (κ1) is 26.1. The van der Waals surface area contributed by atoms with Crippen molar-refractivity contribution in [1.29, 1.82) is 0 Å². The maximum absolute atomic E-state index is 11.3. The van der Waals surface area contributed by atoms with Gasteiger partial charge in [0.05, 0.1) is 0 Å². The highest BCUT2D eigenvalue weighted by Crippen LogP contribution is 2.47. The standard InChI is InChI=1S/C33H38NOP/c1-32(2,3)25-21-24(31(35)28(22-25)33(4,5)6)23-34-29-19-13-14-20-30(29)36(26-15-9-7-10-16-26)27-17-11-8-12-18-27/h7-12,14-18,20-23,35H,13,19H2,1-6H3. The van der Waals surface area contributed by atoms with E-state index < -0.39 is 7.92 Å². The summed E-state index contributed by atoms with van der Waals surface area (Å²) in [6.07, 6.45) is 8.30. The van der Waals surface area contributed by atoms with Crippen molar-refractivity contribution in [2.75, 3.05) is 0 Å². The molecule has 0 aromatic heterocycles. The van der Waals surface area contributed by atoms with Crippen LogP contribution in [-0.2, 0) is 10.8 Å². The third-order valence-corrected chi connectivity index (χ3v) is 9.08. The van der Waals surface area contributed by atoms with Crippen LogP contribution in [0.1, 0.15) is 71.1 Å². The van der Waals surface area contributed by atoms with E-state index >= 15 is 0 Å². The van der Waals surface area contributed by atoms with E-state index in [1.165, 1.54) is 21.5 Å². The second-order valence-corrected chi connectivity index (χ2v) is 13.7. The van der Waals surface area contributed by atoms with Crippen LogP contribution in [0.15, 0.2) is 101 Å². The summed E-state index contributed by atoms with van der Waals surface area (Å²) in [7, 11) is -0.729. The van der Waals surface area contributed by atoms with E-state index in [1.54, 1.807) is 0 Å². The molecule has 3 heteroatoms. The number of phenolic OH excluding ortho intramolecular Hbond substituents is 1. The summed E-state index contributed by atoms with van der Waals surface area (Å²) in [5.41, 5.74) is 3.88. The third kappa shape index (κ3) is 5.88. The Morgan fingerprint density at radius 3 is 1.92 bits per heavy atom. The molecule has 4 rings (SSSR count). The lowest BCUT2D eigenvalue weighted by Gasteiger charge is -2.27. The van der Waals surface area contributed by atoms with Gasteiger partial charge >= 0.3 is 0 Å². The topological polar surface area (TPSA) is 32.6 Å². The zero-order valence-electron chi connectivity index (χ0n) is 22.4. The van der Waals surface area contributed by atoms with E-state index in [-0.39, 0.29) is 10.8 Å². The number of aromatic hydroxyl groups is 1. The number of aliphatic imine (C=N–C) groups is 1. The van der Waals surface area contributed by atoms with Crippen LogP contribution < -0.4 is 10.6 Å². The van der Waals surface area contributed by atoms with Gasteiger partial charge in [0, 0.05) is 28.4 Å². The van der Waals surface area contributed by atoms with Gasteiger partial charge in [-0.3, -0.25) is 4.99 Å². The molecule has 0 unspecified atom stereocenters. The molecule has 0 heterocycles. The van der Waals surface area contributed by atoms with E-state index in [0.29, 0.717) is 5.75 Å². The van der Waals surface area contributed by atoms with E-state index in [2.05, 4.69) is 126 Å². The summed E-state index contributed by atoms with van der Waals surface area (Å²) in [6, 6.07) is 25.8. The number of hydrogen-bond acceptors (Lipinski definition) is 2. The van der Waals surface area contributed by atoms with Crippen molar-refractivity contribution in [3.05, 3.63) is 113 Å². The minimum atomic E-state index is -0.729. The van der Waals surface area contributed by atoms with Gasteiger partial charge < -0.3 is 5.11 Å². The molecule has 0 aliphatic heterocycles. The number of phenols is 1. The van der Waals surface area contributed by atoms with Gasteiger partial charge in [0.1, 0.15) is 5.75 Å². The van der Waals surface area contributed by atoms with Crippen LogP contribution >= 0.6 is 7.92 Å². The molecule has 1 aliphatic carbocycles. The number of rotatable bonds is 5. The molecule has 1 N–H and O–H groups in total. The van der Waals surface area contributed by atoms with Gasteiger partial charge in [0.2, 0.25) is 0 Å². The molecule has 2 nitrogen and oxygen atoms in total. The van der Waals surface area contributed by atoms with Crippen LogP contribution in [0, 0.1) is 0 Å². The Kier molecular flexibility index (Phi) is 7.67. The molecule has 0 radical (unpaired) electrons. The predicted molar refractivity (Wildman–Crippen MR) is 158 cm³/mol. The summed E-state index contributed by atoms with van der Waals surface area (Å²) >= 11 is 0. The van der Waals surface area contributed by atoms with Gasteiger partial charge in [0.25, 0.3) is 0 Å². The fourth-order valence-electron chi connectivity index (χ4n) is 4.46. The minimum Gasteiger partial charge on any atom is -0.507 e. The number of nitrogens with zero attached hydrogens (tertiary/aromatic N) is 1. The van der Waals surface area contributed by atoms with Crippen LogP contribution in [0.5, 0.6) is 5.75 Å². The third-order valence-electron chi connectivity index (χ3n) is 6.56. The fraction of sp³-hybridized carbons (Fsp3) is 0.303. The minimum absolute atomic E-state index is 0.0246. The molecule has 186 valence electrons. The van der Waals surface area contributed by atoms with Crippen molar-refractivity contribution >= 4 is 24.7 Å². The molecule has 0 atom stereocenters. The molecule has 0 spiro atoms. The van der Waals surface area contributed by atoms with Crippen LogP contribution in [0.2, 0.25) is 0 Å². The molecule has 36 heavy (non-hydrogen) atoms. The SMILES string of the molecule is CC(C)(C)c1cc(C=NC2=C(P(c3ccccc3)c3ccccc3)C=CCC2)c(O)c(C(C)(C)C)c1. The van der Waals surface area contributed by atoms with Crippen LogP contribution in [0.25, 0.3) is 0 Å². The number of benzene rings is 3. The summed E-state index contributed by atoms with van der Waals surface area (Å²) in [5.74, 6) is 0.334. The molecular formula is C33H38NOP. The second kappa shape index (κ2) is 10.6. The lowest BCUT2D eigenvalue weighted by atomic mass is 9.79. The summed E-state index contributed by atoms with van der Waals surface area (Å²) in [5, 5.41) is 15.2. The monoisotopic (exact) mass is 495 g/mol. The van der Waals surface area contributed by atoms with E-state index in [4.69, 9.17) is 4.99 Å². The normalized spacial score (nSPS) is 14.8. The molecule has 0 saturated carbocycles. The fourth-order valence-corrected chi connectivity index (χ4v) is 6.94. The second-order valence-electron chi connectivity index (χ2n) is 11.5. The zero-order chi connectivity index (χ0) is 25.9. The van der Waals surface area contributed by atoms with Crippen molar-refractivity contribution in [2.45, 2.75) is 65.2 Å². The molecule has 0 amide bonds. The zero-order valence-corrected chi connectivity index (χ0v) is 23.3. The number of allylic oxidation sites excluding steroid dienone is 4. The van der Waals surface area contributed by atoms with Gasteiger partial charge in [-0.05, 0) is 53.8 Å². The summed E-state index contributed by atoms with van der Waals surface area (Å²) in [6.45, 7) is 13.1. The van der Waals surface area contributed by atoms with Crippen molar-refractivity contribution in [2.24, 2.45) is 4.99 Å². The Morgan fingerprint density at radius 1 is 0.806 bits per heavy atom. The Morgan fingerprint density at radius 2 is 1.39 bits per heavy atom. The molecule has 0 fully saturated rings. The average molecular weight is 496 g/mol. The number of hydrogen-bond donors (Lipinski definition) is 1. The predicted octanol–water partition coefficient (Wildman–Crippen LogP) is 8.10. The van der Waals surface area contributed by atoms with Gasteiger partial charge in [0.15, 0.2) is 0 Å². The first-order chi connectivity index (χ1) is 17.1. The Hall–Kier alpha value is -2.96. The highest BCUT2D eigenvalue weighted by Gasteiger charge is 2.25. The molecular weight excluding hydrogens is 457 g/mol. The maximum Gasteiger partial charge on any atom is 0.128 e. The quantitative estimate of drug-likeness (QED) is 0.281. The Labute approximate surface area is 218 Å². The van der Waals surface area contributed by atoms with E-state index in [9.17, 15) is 5.11 Å². The molecule has 1 aliphatic rings. The maximum atomic E-state index is 11.3. The first-order valence-corrected chi connectivity index (χ1v) is 14.1. The van der Waals surface area contributed by atoms with Gasteiger partial charge in [-0.25, -0.2) is 0 Å². The van der Waals surface area contributed by atoms with Crippen molar-refractivity contribution in [3.8, 4) is 5.75 Å². The summed E-state index contributed by atoms with van der Waals surface area (Å²) in [4.78, 5) is 5.07. The Bertz CT molecular complexity index is 1250. The van der Waals surface area contributed by atoms with Crippen molar-refractivity contribution in [1.82, 2.24) is 0 Å². The van der Waals surface area contributed by atoms with E-state index in [0.717, 1.165) is 29.7 Å². The first-order valence-electron chi connectivity index (χ1n) is 12.8. The van der Waals surface area contributed by atoms with Crippen molar-refractivity contribution in [3.63, 3.8) is 0 Å². The molecule has 3 aromatic carbocycles. The lowest BCUT2D eigenvalue weighted by Crippen LogP contribution is -2.17.